The van der Waals surface area contributed by atoms with Crippen molar-refractivity contribution >= 4 is 17.6 Å². The van der Waals surface area contributed by atoms with Gasteiger partial charge in [0.05, 0.1) is 0 Å². The van der Waals surface area contributed by atoms with Gasteiger partial charge in [0, 0.05) is 37.2 Å². The highest BCUT2D eigenvalue weighted by atomic mass is 19.1. The van der Waals surface area contributed by atoms with Gasteiger partial charge < -0.3 is 16.0 Å². The number of guanidine groups is 1. The van der Waals surface area contributed by atoms with Gasteiger partial charge in [-0.05, 0) is 55.0 Å². The third kappa shape index (κ3) is 4.64. The van der Waals surface area contributed by atoms with Crippen LogP contribution in [0.4, 0.5) is 10.1 Å². The van der Waals surface area contributed by atoms with Crippen LogP contribution in [-0.4, -0.2) is 25.5 Å². The predicted molar refractivity (Wildman–Crippen MR) is 118 cm³/mol. The summed E-state index contributed by atoms with van der Waals surface area (Å²) in [5.41, 5.74) is 2.52. The number of carbonyl (C=O) groups excluding carboxylic acids is 1. The topological polar surface area (TPSA) is 65.5 Å². The lowest BCUT2D eigenvalue weighted by Crippen LogP contribution is -2.41. The van der Waals surface area contributed by atoms with Crippen LogP contribution in [0.5, 0.6) is 0 Å². The summed E-state index contributed by atoms with van der Waals surface area (Å²) < 4.78 is 14.2. The maximum Gasteiger partial charge on any atom is 0.227 e. The van der Waals surface area contributed by atoms with Crippen LogP contribution < -0.4 is 16.0 Å². The first-order valence-electron chi connectivity index (χ1n) is 10.7. The summed E-state index contributed by atoms with van der Waals surface area (Å²) in [4.78, 5) is 16.5. The SMILES string of the molecule is CN=C(NCc1cccc(NC(=O)C2CCC2)c1)NCC1(c2ccccc2F)CC1. The maximum atomic E-state index is 14.2. The van der Waals surface area contributed by atoms with Crippen molar-refractivity contribution in [3.8, 4) is 0 Å². The van der Waals surface area contributed by atoms with Crippen molar-refractivity contribution in [1.82, 2.24) is 10.6 Å². The maximum absolute atomic E-state index is 14.2. The van der Waals surface area contributed by atoms with Gasteiger partial charge in [-0.25, -0.2) is 4.39 Å². The minimum absolute atomic E-state index is 0.117. The lowest BCUT2D eigenvalue weighted by molar-refractivity contribution is -0.122. The first-order valence-corrected chi connectivity index (χ1v) is 10.7. The van der Waals surface area contributed by atoms with Gasteiger partial charge in [0.1, 0.15) is 5.82 Å². The molecular weight excluding hydrogens is 379 g/mol. The van der Waals surface area contributed by atoms with Gasteiger partial charge in [-0.15, -0.1) is 0 Å². The molecule has 6 heteroatoms. The molecule has 2 aliphatic rings. The fraction of sp³-hybridized carbons (Fsp3) is 0.417. The second-order valence-electron chi connectivity index (χ2n) is 8.36. The number of rotatable bonds is 7. The van der Waals surface area contributed by atoms with Crippen molar-refractivity contribution in [2.24, 2.45) is 10.9 Å². The van der Waals surface area contributed by atoms with Gasteiger partial charge >= 0.3 is 0 Å². The number of hydrogen-bond donors (Lipinski definition) is 3. The van der Waals surface area contributed by atoms with Crippen molar-refractivity contribution in [3.05, 3.63) is 65.5 Å². The number of carbonyl (C=O) groups is 1. The molecule has 4 rings (SSSR count). The number of halogens is 1. The smallest absolute Gasteiger partial charge is 0.227 e. The highest BCUT2D eigenvalue weighted by Gasteiger charge is 2.45. The summed E-state index contributed by atoms with van der Waals surface area (Å²) in [6, 6.07) is 14.9. The normalized spacial score (nSPS) is 17.7. The van der Waals surface area contributed by atoms with Crippen molar-refractivity contribution in [1.29, 1.82) is 0 Å². The van der Waals surface area contributed by atoms with E-state index in [-0.39, 0.29) is 23.1 Å². The van der Waals surface area contributed by atoms with E-state index in [0.717, 1.165) is 48.9 Å². The fourth-order valence-corrected chi connectivity index (χ4v) is 3.92. The number of benzene rings is 2. The fourth-order valence-electron chi connectivity index (χ4n) is 3.92. The molecule has 0 heterocycles. The molecule has 158 valence electrons. The zero-order chi connectivity index (χ0) is 21.0. The first-order chi connectivity index (χ1) is 14.6. The van der Waals surface area contributed by atoms with Gasteiger partial charge in [-0.2, -0.15) is 0 Å². The van der Waals surface area contributed by atoms with E-state index in [2.05, 4.69) is 20.9 Å². The molecule has 0 aromatic heterocycles. The third-order valence-electron chi connectivity index (χ3n) is 6.25. The van der Waals surface area contributed by atoms with Crippen molar-refractivity contribution in [2.75, 3.05) is 18.9 Å². The second-order valence-corrected chi connectivity index (χ2v) is 8.36. The van der Waals surface area contributed by atoms with Crippen LogP contribution in [0.2, 0.25) is 0 Å². The number of aliphatic imine (C=N–C) groups is 1. The summed E-state index contributed by atoms with van der Waals surface area (Å²) in [5, 5.41) is 9.67. The number of anilines is 1. The molecular formula is C24H29FN4O. The Labute approximate surface area is 177 Å². The average Bonchev–Trinajstić information content (AvgIpc) is 3.48. The number of hydrogen-bond acceptors (Lipinski definition) is 2. The Morgan fingerprint density at radius 2 is 1.93 bits per heavy atom. The van der Waals surface area contributed by atoms with E-state index in [1.807, 2.05) is 36.4 Å². The first kappa shape index (κ1) is 20.4. The van der Waals surface area contributed by atoms with E-state index in [1.165, 1.54) is 6.07 Å². The molecule has 0 unspecified atom stereocenters. The molecule has 0 bridgehead atoms. The van der Waals surface area contributed by atoms with Gasteiger partial charge in [0.2, 0.25) is 5.91 Å². The Kier molecular flexibility index (Phi) is 6.02. The zero-order valence-electron chi connectivity index (χ0n) is 17.4. The molecule has 0 radical (unpaired) electrons. The molecule has 2 aromatic carbocycles. The summed E-state index contributed by atoms with van der Waals surface area (Å²) in [6.45, 7) is 1.23. The lowest BCUT2D eigenvalue weighted by atomic mass is 9.85. The summed E-state index contributed by atoms with van der Waals surface area (Å²) in [5.74, 6) is 0.827. The number of amides is 1. The van der Waals surface area contributed by atoms with Gasteiger partial charge in [-0.1, -0.05) is 36.8 Å². The molecule has 0 saturated heterocycles. The minimum Gasteiger partial charge on any atom is -0.356 e. The van der Waals surface area contributed by atoms with Gasteiger partial charge in [-0.3, -0.25) is 9.79 Å². The molecule has 0 spiro atoms. The Morgan fingerprint density at radius 1 is 1.13 bits per heavy atom. The summed E-state index contributed by atoms with van der Waals surface area (Å²) in [7, 11) is 1.73. The largest absolute Gasteiger partial charge is 0.356 e. The molecule has 0 aliphatic heterocycles. The van der Waals surface area contributed by atoms with Crippen LogP contribution in [0.3, 0.4) is 0 Å². The standard InChI is InChI=1S/C24H29FN4O/c1-26-23(28-16-24(12-13-24)20-10-2-3-11-21(20)25)27-15-17-6-4-9-19(14-17)29-22(30)18-7-5-8-18/h2-4,6,9-11,14,18H,5,7-8,12-13,15-16H2,1H3,(H,29,30)(H2,26,27,28). The van der Waals surface area contributed by atoms with Gasteiger partial charge in [0.25, 0.3) is 0 Å². The van der Waals surface area contributed by atoms with Crippen LogP contribution in [0, 0.1) is 11.7 Å². The lowest BCUT2D eigenvalue weighted by Gasteiger charge is -2.24. The number of nitrogens with one attached hydrogen (secondary N) is 3. The third-order valence-corrected chi connectivity index (χ3v) is 6.25. The minimum atomic E-state index is -0.144. The van der Waals surface area contributed by atoms with Crippen LogP contribution in [0.1, 0.15) is 43.2 Å². The van der Waals surface area contributed by atoms with E-state index in [4.69, 9.17) is 0 Å². The van der Waals surface area contributed by atoms with E-state index in [0.29, 0.717) is 19.0 Å². The van der Waals surface area contributed by atoms with E-state index >= 15 is 0 Å². The molecule has 30 heavy (non-hydrogen) atoms. The second kappa shape index (κ2) is 8.86. The summed E-state index contributed by atoms with van der Waals surface area (Å²) >= 11 is 0. The number of nitrogens with zero attached hydrogens (tertiary/aromatic N) is 1. The summed E-state index contributed by atoms with van der Waals surface area (Å²) in [6.07, 6.45) is 5.07. The predicted octanol–water partition coefficient (Wildman–Crippen LogP) is 3.96. The zero-order valence-corrected chi connectivity index (χ0v) is 17.4. The van der Waals surface area contributed by atoms with Gasteiger partial charge in [0.15, 0.2) is 5.96 Å². The van der Waals surface area contributed by atoms with Crippen LogP contribution in [-0.2, 0) is 16.8 Å². The van der Waals surface area contributed by atoms with Crippen LogP contribution in [0.15, 0.2) is 53.5 Å². The van der Waals surface area contributed by atoms with E-state index in [1.54, 1.807) is 13.1 Å². The molecule has 2 aliphatic carbocycles. The highest BCUT2D eigenvalue weighted by Crippen LogP contribution is 2.48. The molecule has 2 fully saturated rings. The van der Waals surface area contributed by atoms with Crippen LogP contribution in [0.25, 0.3) is 0 Å². The molecule has 2 saturated carbocycles. The molecule has 3 N–H and O–H groups in total. The Hall–Kier alpha value is -2.89. The van der Waals surface area contributed by atoms with E-state index < -0.39 is 0 Å². The molecule has 0 atom stereocenters. The Morgan fingerprint density at radius 3 is 2.60 bits per heavy atom. The monoisotopic (exact) mass is 408 g/mol. The molecule has 2 aromatic rings. The van der Waals surface area contributed by atoms with Crippen molar-refractivity contribution in [2.45, 2.75) is 44.1 Å². The van der Waals surface area contributed by atoms with Crippen molar-refractivity contribution in [3.63, 3.8) is 0 Å². The Balaban J connectivity index is 1.30. The van der Waals surface area contributed by atoms with E-state index in [9.17, 15) is 9.18 Å². The molecule has 1 amide bonds. The van der Waals surface area contributed by atoms with Crippen molar-refractivity contribution < 1.29 is 9.18 Å². The average molecular weight is 409 g/mol. The quantitative estimate of drug-likeness (QED) is 0.480. The Bertz CT molecular complexity index is 934. The highest BCUT2D eigenvalue weighted by molar-refractivity contribution is 5.93. The molecule has 5 nitrogen and oxygen atoms in total. The van der Waals surface area contributed by atoms with Crippen LogP contribution >= 0.6 is 0 Å².